The van der Waals surface area contributed by atoms with Crippen LogP contribution < -0.4 is 9.47 Å². The normalized spacial score (nSPS) is 10.2. The van der Waals surface area contributed by atoms with Gasteiger partial charge in [-0.1, -0.05) is 0 Å². The van der Waals surface area contributed by atoms with Gasteiger partial charge in [-0.25, -0.2) is 8.78 Å². The first-order valence-electron chi connectivity index (χ1n) is 5.46. The van der Waals surface area contributed by atoms with Crippen molar-refractivity contribution >= 4 is 5.69 Å². The van der Waals surface area contributed by atoms with Gasteiger partial charge in [0, 0.05) is 18.2 Å². The number of hydrogen-bond donors (Lipinski definition) is 0. The van der Waals surface area contributed by atoms with Gasteiger partial charge in [-0.3, -0.25) is 10.1 Å². The molecule has 0 aliphatic heterocycles. The Morgan fingerprint density at radius 1 is 1.05 bits per heavy atom. The van der Waals surface area contributed by atoms with Gasteiger partial charge >= 0.3 is 5.69 Å². The Balaban J connectivity index is 2.34. The minimum atomic E-state index is -0.803. The third-order valence-corrected chi connectivity index (χ3v) is 2.42. The number of rotatable bonds is 4. The van der Waals surface area contributed by atoms with Gasteiger partial charge in [0.15, 0.2) is 5.75 Å². The molecule has 7 heteroatoms. The molecular weight excluding hydrogens is 272 g/mol. The van der Waals surface area contributed by atoms with Gasteiger partial charge in [-0.2, -0.15) is 0 Å². The molecule has 0 aliphatic rings. The molecule has 0 aliphatic carbocycles. The second-order valence-corrected chi connectivity index (χ2v) is 3.80. The molecule has 0 aromatic heterocycles. The number of hydrogen-bond acceptors (Lipinski definition) is 4. The Labute approximate surface area is 112 Å². The second-order valence-electron chi connectivity index (χ2n) is 3.80. The van der Waals surface area contributed by atoms with E-state index in [0.29, 0.717) is 6.07 Å². The van der Waals surface area contributed by atoms with Crippen molar-refractivity contribution in [1.82, 2.24) is 0 Å². The van der Waals surface area contributed by atoms with Crippen molar-refractivity contribution in [3.8, 4) is 17.2 Å². The van der Waals surface area contributed by atoms with Gasteiger partial charge in [0.2, 0.25) is 0 Å². The molecule has 0 unspecified atom stereocenters. The van der Waals surface area contributed by atoms with Crippen LogP contribution in [0.3, 0.4) is 0 Å². The van der Waals surface area contributed by atoms with Gasteiger partial charge in [0.1, 0.15) is 23.1 Å². The van der Waals surface area contributed by atoms with Crippen LogP contribution in [-0.4, -0.2) is 12.0 Å². The van der Waals surface area contributed by atoms with E-state index in [2.05, 4.69) is 0 Å². The van der Waals surface area contributed by atoms with E-state index in [9.17, 15) is 18.9 Å². The van der Waals surface area contributed by atoms with E-state index < -0.39 is 16.6 Å². The summed E-state index contributed by atoms with van der Waals surface area (Å²) in [5.41, 5.74) is -0.304. The Morgan fingerprint density at radius 3 is 2.25 bits per heavy atom. The largest absolute Gasteiger partial charge is 0.490 e. The molecule has 0 saturated carbocycles. The van der Waals surface area contributed by atoms with Crippen molar-refractivity contribution in [2.75, 3.05) is 7.11 Å². The van der Waals surface area contributed by atoms with E-state index >= 15 is 0 Å². The molecule has 0 bridgehead atoms. The zero-order valence-electron chi connectivity index (χ0n) is 10.3. The monoisotopic (exact) mass is 281 g/mol. The number of methoxy groups -OCH3 is 1. The second kappa shape index (κ2) is 5.52. The fourth-order valence-electron chi connectivity index (χ4n) is 1.60. The highest BCUT2D eigenvalue weighted by molar-refractivity contribution is 5.51. The van der Waals surface area contributed by atoms with Gasteiger partial charge < -0.3 is 9.47 Å². The highest BCUT2D eigenvalue weighted by atomic mass is 19.1. The van der Waals surface area contributed by atoms with Gasteiger partial charge in [0.25, 0.3) is 0 Å². The van der Waals surface area contributed by atoms with Crippen LogP contribution in [0.4, 0.5) is 14.5 Å². The van der Waals surface area contributed by atoms with Crippen LogP contribution in [-0.2, 0) is 0 Å². The lowest BCUT2D eigenvalue weighted by atomic mass is 10.2. The molecule has 0 heterocycles. The summed E-state index contributed by atoms with van der Waals surface area (Å²) in [4.78, 5) is 10.2. The minimum Gasteiger partial charge on any atom is -0.490 e. The van der Waals surface area contributed by atoms with E-state index in [4.69, 9.17) is 9.47 Å². The molecule has 2 rings (SSSR count). The highest BCUT2D eigenvalue weighted by Gasteiger charge is 2.16. The summed E-state index contributed by atoms with van der Waals surface area (Å²) in [5.74, 6) is -1.57. The quantitative estimate of drug-likeness (QED) is 0.633. The van der Waals surface area contributed by atoms with Crippen LogP contribution in [0.25, 0.3) is 0 Å². The number of nitro groups is 1. The SMILES string of the molecule is COc1ccc(Oc2cc(F)cc(F)c2)cc1[N+](=O)[O-]. The van der Waals surface area contributed by atoms with Crippen LogP contribution in [0.15, 0.2) is 36.4 Å². The molecule has 0 atom stereocenters. The Morgan fingerprint density at radius 2 is 1.70 bits per heavy atom. The van der Waals surface area contributed by atoms with E-state index in [-0.39, 0.29) is 22.9 Å². The van der Waals surface area contributed by atoms with Crippen molar-refractivity contribution in [2.24, 2.45) is 0 Å². The third kappa shape index (κ3) is 3.00. The summed E-state index contributed by atoms with van der Waals surface area (Å²) >= 11 is 0. The van der Waals surface area contributed by atoms with Crippen molar-refractivity contribution in [1.29, 1.82) is 0 Å². The minimum absolute atomic E-state index is 0.0628. The number of nitrogens with zero attached hydrogens (tertiary/aromatic N) is 1. The molecule has 104 valence electrons. The average molecular weight is 281 g/mol. The average Bonchev–Trinajstić information content (AvgIpc) is 2.37. The molecule has 0 radical (unpaired) electrons. The maximum absolute atomic E-state index is 13.0. The van der Waals surface area contributed by atoms with Crippen molar-refractivity contribution in [2.45, 2.75) is 0 Å². The van der Waals surface area contributed by atoms with Gasteiger partial charge in [-0.05, 0) is 12.1 Å². The maximum Gasteiger partial charge on any atom is 0.314 e. The van der Waals surface area contributed by atoms with Crippen molar-refractivity contribution in [3.05, 3.63) is 58.1 Å². The highest BCUT2D eigenvalue weighted by Crippen LogP contribution is 2.33. The summed E-state index contributed by atoms with van der Waals surface area (Å²) in [5, 5.41) is 10.8. The predicted molar refractivity (Wildman–Crippen MR) is 66.1 cm³/mol. The summed E-state index contributed by atoms with van der Waals surface area (Å²) in [6.45, 7) is 0. The third-order valence-electron chi connectivity index (χ3n) is 2.42. The zero-order valence-corrected chi connectivity index (χ0v) is 10.3. The van der Waals surface area contributed by atoms with Crippen molar-refractivity contribution in [3.63, 3.8) is 0 Å². The zero-order chi connectivity index (χ0) is 14.7. The first-order valence-corrected chi connectivity index (χ1v) is 5.46. The fourth-order valence-corrected chi connectivity index (χ4v) is 1.60. The van der Waals surface area contributed by atoms with Crippen LogP contribution in [0.2, 0.25) is 0 Å². The molecule has 2 aromatic rings. The molecule has 0 N–H and O–H groups in total. The lowest BCUT2D eigenvalue weighted by molar-refractivity contribution is -0.385. The number of nitro benzene ring substituents is 1. The van der Waals surface area contributed by atoms with E-state index in [0.717, 1.165) is 18.2 Å². The molecule has 0 fully saturated rings. The number of ether oxygens (including phenoxy) is 2. The van der Waals surface area contributed by atoms with E-state index in [1.54, 1.807) is 0 Å². The lowest BCUT2D eigenvalue weighted by Crippen LogP contribution is -1.95. The Bertz CT molecular complexity index is 641. The smallest absolute Gasteiger partial charge is 0.314 e. The summed E-state index contributed by atoms with van der Waals surface area (Å²) in [6.07, 6.45) is 0. The number of benzene rings is 2. The molecule has 5 nitrogen and oxygen atoms in total. The fraction of sp³-hybridized carbons (Fsp3) is 0.0769. The molecular formula is C13H9F2NO4. The van der Waals surface area contributed by atoms with Gasteiger partial charge in [-0.15, -0.1) is 0 Å². The maximum atomic E-state index is 13.0. The molecule has 2 aromatic carbocycles. The predicted octanol–water partition coefficient (Wildman–Crippen LogP) is 3.67. The lowest BCUT2D eigenvalue weighted by Gasteiger charge is -2.07. The van der Waals surface area contributed by atoms with Crippen LogP contribution in [0, 0.1) is 21.7 Å². The van der Waals surface area contributed by atoms with Crippen LogP contribution in [0.5, 0.6) is 17.2 Å². The summed E-state index contributed by atoms with van der Waals surface area (Å²) in [7, 11) is 1.30. The van der Waals surface area contributed by atoms with E-state index in [1.165, 1.54) is 19.2 Å². The summed E-state index contributed by atoms with van der Waals surface area (Å²) in [6, 6.07) is 6.49. The summed E-state index contributed by atoms with van der Waals surface area (Å²) < 4.78 is 36.0. The molecule has 0 saturated heterocycles. The molecule has 0 spiro atoms. The van der Waals surface area contributed by atoms with Gasteiger partial charge in [0.05, 0.1) is 18.1 Å². The Hall–Kier alpha value is -2.70. The Kier molecular flexibility index (Phi) is 3.79. The van der Waals surface area contributed by atoms with Crippen molar-refractivity contribution < 1.29 is 23.2 Å². The van der Waals surface area contributed by atoms with E-state index in [1.807, 2.05) is 0 Å². The first kappa shape index (κ1) is 13.7. The standard InChI is InChI=1S/C13H9F2NO4/c1-19-13-3-2-10(7-12(13)16(17)18)20-11-5-8(14)4-9(15)6-11/h2-7H,1H3. The van der Waals surface area contributed by atoms with Crippen LogP contribution >= 0.6 is 0 Å². The van der Waals surface area contributed by atoms with Crippen LogP contribution in [0.1, 0.15) is 0 Å². The number of halogens is 2. The topological polar surface area (TPSA) is 61.6 Å². The molecule has 0 amide bonds. The molecule has 20 heavy (non-hydrogen) atoms. The first-order chi connectivity index (χ1) is 9.49.